The summed E-state index contributed by atoms with van der Waals surface area (Å²) in [5, 5.41) is 3.48. The standard InChI is InChI=1S/C13H26N2O2/c1-13(2,3)17-12(16)10-15(4)9-11-7-5-6-8-14-11/h11,14H,5-10H2,1-4H3. The molecule has 0 bridgehead atoms. The predicted molar refractivity (Wildman–Crippen MR) is 69.0 cm³/mol. The van der Waals surface area contributed by atoms with Gasteiger partial charge in [0.2, 0.25) is 0 Å². The van der Waals surface area contributed by atoms with Crippen molar-refractivity contribution in [3.63, 3.8) is 0 Å². The van der Waals surface area contributed by atoms with E-state index in [0.717, 1.165) is 13.1 Å². The Balaban J connectivity index is 2.23. The lowest BCUT2D eigenvalue weighted by Crippen LogP contribution is -2.44. The van der Waals surface area contributed by atoms with Crippen LogP contribution in [0.25, 0.3) is 0 Å². The molecule has 4 nitrogen and oxygen atoms in total. The van der Waals surface area contributed by atoms with Gasteiger partial charge in [0, 0.05) is 12.6 Å². The molecule has 0 aromatic carbocycles. The zero-order valence-electron chi connectivity index (χ0n) is 11.6. The van der Waals surface area contributed by atoms with Crippen molar-refractivity contribution in [1.29, 1.82) is 0 Å². The molecule has 0 amide bonds. The minimum Gasteiger partial charge on any atom is -0.459 e. The molecule has 100 valence electrons. The van der Waals surface area contributed by atoms with Crippen molar-refractivity contribution in [2.45, 2.75) is 51.7 Å². The molecule has 4 heteroatoms. The van der Waals surface area contributed by atoms with Crippen LogP contribution < -0.4 is 5.32 Å². The largest absolute Gasteiger partial charge is 0.459 e. The summed E-state index contributed by atoms with van der Waals surface area (Å²) in [5.74, 6) is -0.143. The minimum atomic E-state index is -0.388. The third kappa shape index (κ3) is 6.64. The first-order valence-electron chi connectivity index (χ1n) is 6.50. The van der Waals surface area contributed by atoms with Gasteiger partial charge < -0.3 is 10.1 Å². The van der Waals surface area contributed by atoms with Crippen LogP contribution in [0.1, 0.15) is 40.0 Å². The molecule has 1 fully saturated rings. The van der Waals surface area contributed by atoms with E-state index in [9.17, 15) is 4.79 Å². The third-order valence-corrected chi connectivity index (χ3v) is 2.76. The molecule has 1 unspecified atom stereocenters. The SMILES string of the molecule is CN(CC(=O)OC(C)(C)C)CC1CCCCN1. The lowest BCUT2D eigenvalue weighted by Gasteiger charge is -2.28. The molecule has 1 N–H and O–H groups in total. The summed E-state index contributed by atoms with van der Waals surface area (Å²) in [5.41, 5.74) is -0.388. The first kappa shape index (κ1) is 14.5. The quantitative estimate of drug-likeness (QED) is 0.757. The van der Waals surface area contributed by atoms with Crippen molar-refractivity contribution >= 4 is 5.97 Å². The highest BCUT2D eigenvalue weighted by molar-refractivity contribution is 5.72. The van der Waals surface area contributed by atoms with E-state index in [1.807, 2.05) is 32.7 Å². The molecule has 0 saturated carbocycles. The van der Waals surface area contributed by atoms with Crippen LogP contribution in [0.5, 0.6) is 0 Å². The van der Waals surface area contributed by atoms with Crippen molar-refractivity contribution < 1.29 is 9.53 Å². The maximum atomic E-state index is 11.6. The van der Waals surface area contributed by atoms with Crippen LogP contribution in [-0.2, 0) is 9.53 Å². The lowest BCUT2D eigenvalue weighted by molar-refractivity contribution is -0.155. The molecule has 0 radical (unpaired) electrons. The van der Waals surface area contributed by atoms with Crippen LogP contribution in [0.3, 0.4) is 0 Å². The van der Waals surface area contributed by atoms with Crippen LogP contribution >= 0.6 is 0 Å². The first-order valence-corrected chi connectivity index (χ1v) is 6.50. The maximum Gasteiger partial charge on any atom is 0.320 e. The molecule has 1 saturated heterocycles. The average Bonchev–Trinajstić information content (AvgIpc) is 2.15. The van der Waals surface area contributed by atoms with Crippen LogP contribution in [0.15, 0.2) is 0 Å². The Morgan fingerprint density at radius 3 is 2.65 bits per heavy atom. The summed E-state index contributed by atoms with van der Waals surface area (Å²) in [6.07, 6.45) is 3.77. The number of nitrogens with one attached hydrogen (secondary N) is 1. The fraction of sp³-hybridized carbons (Fsp3) is 0.923. The van der Waals surface area contributed by atoms with Crippen LogP contribution in [0, 0.1) is 0 Å². The smallest absolute Gasteiger partial charge is 0.320 e. The number of hydrogen-bond acceptors (Lipinski definition) is 4. The van der Waals surface area contributed by atoms with Crippen LogP contribution in [0.4, 0.5) is 0 Å². The van der Waals surface area contributed by atoms with E-state index in [2.05, 4.69) is 5.32 Å². The predicted octanol–water partition coefficient (Wildman–Crippen LogP) is 1.40. The number of carbonyl (C=O) groups excluding carboxylic acids is 1. The maximum absolute atomic E-state index is 11.6. The Morgan fingerprint density at radius 2 is 2.12 bits per heavy atom. The van der Waals surface area contributed by atoms with Crippen LogP contribution in [-0.4, -0.2) is 49.2 Å². The molecule has 0 aliphatic carbocycles. The summed E-state index contributed by atoms with van der Waals surface area (Å²) < 4.78 is 5.30. The van der Waals surface area contributed by atoms with E-state index < -0.39 is 0 Å². The topological polar surface area (TPSA) is 41.6 Å². The Hall–Kier alpha value is -0.610. The normalized spacial score (nSPS) is 21.6. The minimum absolute atomic E-state index is 0.143. The molecule has 0 aromatic heterocycles. The van der Waals surface area contributed by atoms with Crippen molar-refractivity contribution in [1.82, 2.24) is 10.2 Å². The number of carbonyl (C=O) groups is 1. The Morgan fingerprint density at radius 1 is 1.41 bits per heavy atom. The highest BCUT2D eigenvalue weighted by Gasteiger charge is 2.19. The van der Waals surface area contributed by atoms with Gasteiger partial charge in [-0.1, -0.05) is 6.42 Å². The Labute approximate surface area is 105 Å². The van der Waals surface area contributed by atoms with E-state index in [1.165, 1.54) is 19.3 Å². The zero-order valence-corrected chi connectivity index (χ0v) is 11.6. The molecule has 0 spiro atoms. The van der Waals surface area contributed by atoms with Gasteiger partial charge in [0.15, 0.2) is 0 Å². The summed E-state index contributed by atoms with van der Waals surface area (Å²) in [6.45, 7) is 8.08. The van der Waals surface area contributed by atoms with Gasteiger partial charge in [0.1, 0.15) is 5.60 Å². The van der Waals surface area contributed by atoms with Gasteiger partial charge in [-0.3, -0.25) is 9.69 Å². The van der Waals surface area contributed by atoms with Crippen molar-refractivity contribution in [3.05, 3.63) is 0 Å². The van der Waals surface area contributed by atoms with Gasteiger partial charge in [-0.15, -0.1) is 0 Å². The molecule has 1 heterocycles. The van der Waals surface area contributed by atoms with Crippen molar-refractivity contribution in [2.24, 2.45) is 0 Å². The zero-order chi connectivity index (χ0) is 12.9. The number of likely N-dealkylation sites (N-methyl/N-ethyl adjacent to an activating group) is 1. The second-order valence-corrected chi connectivity index (χ2v) is 5.93. The number of ether oxygens (including phenoxy) is 1. The van der Waals surface area contributed by atoms with Crippen molar-refractivity contribution in [3.8, 4) is 0 Å². The fourth-order valence-electron chi connectivity index (χ4n) is 2.11. The summed E-state index contributed by atoms with van der Waals surface area (Å²) in [4.78, 5) is 13.7. The second kappa shape index (κ2) is 6.36. The Bertz CT molecular complexity index is 242. The van der Waals surface area contributed by atoms with Crippen LogP contribution in [0.2, 0.25) is 0 Å². The average molecular weight is 242 g/mol. The van der Waals surface area contributed by atoms with E-state index in [4.69, 9.17) is 4.74 Å². The monoisotopic (exact) mass is 242 g/mol. The summed E-state index contributed by atoms with van der Waals surface area (Å²) in [7, 11) is 1.97. The third-order valence-electron chi connectivity index (χ3n) is 2.76. The van der Waals surface area contributed by atoms with Gasteiger partial charge in [0.25, 0.3) is 0 Å². The number of rotatable bonds is 4. The molecular formula is C13H26N2O2. The number of piperidine rings is 1. The molecule has 1 rings (SSSR count). The van der Waals surface area contributed by atoms with Gasteiger partial charge in [0.05, 0.1) is 6.54 Å². The van der Waals surface area contributed by atoms with Gasteiger partial charge in [-0.05, 0) is 47.2 Å². The molecular weight excluding hydrogens is 216 g/mol. The van der Waals surface area contributed by atoms with Crippen molar-refractivity contribution in [2.75, 3.05) is 26.7 Å². The number of hydrogen-bond donors (Lipinski definition) is 1. The number of esters is 1. The molecule has 1 aliphatic heterocycles. The fourth-order valence-corrected chi connectivity index (χ4v) is 2.11. The molecule has 0 aromatic rings. The van der Waals surface area contributed by atoms with Gasteiger partial charge in [-0.25, -0.2) is 0 Å². The molecule has 1 atom stereocenters. The highest BCUT2D eigenvalue weighted by Crippen LogP contribution is 2.09. The van der Waals surface area contributed by atoms with E-state index in [0.29, 0.717) is 12.6 Å². The highest BCUT2D eigenvalue weighted by atomic mass is 16.6. The second-order valence-electron chi connectivity index (χ2n) is 5.93. The van der Waals surface area contributed by atoms with E-state index in [-0.39, 0.29) is 11.6 Å². The van der Waals surface area contributed by atoms with Gasteiger partial charge >= 0.3 is 5.97 Å². The lowest BCUT2D eigenvalue weighted by atomic mass is 10.0. The summed E-state index contributed by atoms with van der Waals surface area (Å²) in [6, 6.07) is 0.524. The summed E-state index contributed by atoms with van der Waals surface area (Å²) >= 11 is 0. The molecule has 1 aliphatic rings. The van der Waals surface area contributed by atoms with Gasteiger partial charge in [-0.2, -0.15) is 0 Å². The number of nitrogens with zero attached hydrogens (tertiary/aromatic N) is 1. The first-order chi connectivity index (χ1) is 7.87. The Kier molecular flexibility index (Phi) is 5.40. The van der Waals surface area contributed by atoms with E-state index >= 15 is 0 Å². The van der Waals surface area contributed by atoms with E-state index in [1.54, 1.807) is 0 Å². The molecule has 17 heavy (non-hydrogen) atoms.